The highest BCUT2D eigenvalue weighted by Gasteiger charge is 2.28. The van der Waals surface area contributed by atoms with Gasteiger partial charge in [0.2, 0.25) is 0 Å². The van der Waals surface area contributed by atoms with Gasteiger partial charge in [-0.3, -0.25) is 0 Å². The van der Waals surface area contributed by atoms with Crippen molar-refractivity contribution in [3.8, 4) is 0 Å². The quantitative estimate of drug-likeness (QED) is 0.636. The fourth-order valence-corrected chi connectivity index (χ4v) is 3.40. The summed E-state index contributed by atoms with van der Waals surface area (Å²) < 4.78 is 0. The first-order valence-corrected chi connectivity index (χ1v) is 7.06. The molecule has 0 aromatic heterocycles. The van der Waals surface area contributed by atoms with Crippen LogP contribution >= 0.6 is 15.9 Å². The van der Waals surface area contributed by atoms with E-state index in [2.05, 4.69) is 43.6 Å². The van der Waals surface area contributed by atoms with E-state index in [0.29, 0.717) is 4.83 Å². The number of alkyl halides is 1. The second-order valence-corrected chi connectivity index (χ2v) is 7.08. The lowest BCUT2D eigenvalue weighted by Crippen LogP contribution is -2.25. The molecule has 1 heteroatoms. The molecule has 0 N–H and O–H groups in total. The van der Waals surface area contributed by atoms with Crippen LogP contribution in [-0.2, 0) is 0 Å². The molecular weight excluding hydrogens is 236 g/mol. The normalized spacial score (nSPS) is 37.9. The first kappa shape index (κ1) is 12.5. The third-order valence-corrected chi connectivity index (χ3v) is 4.51. The predicted octanol–water partition coefficient (Wildman–Crippen LogP) is 4.87. The van der Waals surface area contributed by atoms with Crippen molar-refractivity contribution in [2.45, 2.75) is 58.2 Å². The zero-order chi connectivity index (χ0) is 10.7. The van der Waals surface area contributed by atoms with Crippen molar-refractivity contribution in [3.63, 3.8) is 0 Å². The minimum atomic E-state index is 0.687. The standard InChI is InChI=1S/C13H25Br/c1-9-5-6-13(8-10(9)2)11(3)7-12(4)14/h9-13H,5-8H2,1-4H3. The van der Waals surface area contributed by atoms with E-state index in [-0.39, 0.29) is 0 Å². The molecule has 0 heterocycles. The Balaban J connectivity index is 2.38. The summed E-state index contributed by atoms with van der Waals surface area (Å²) in [5.41, 5.74) is 0. The summed E-state index contributed by atoms with van der Waals surface area (Å²) in [5, 5.41) is 0. The van der Waals surface area contributed by atoms with Crippen LogP contribution in [0.2, 0.25) is 0 Å². The summed E-state index contributed by atoms with van der Waals surface area (Å²) in [5.74, 6) is 3.79. The summed E-state index contributed by atoms with van der Waals surface area (Å²) >= 11 is 3.67. The SMILES string of the molecule is CC(Br)CC(C)C1CCC(C)C(C)C1. The fourth-order valence-electron chi connectivity index (χ4n) is 2.81. The molecule has 5 unspecified atom stereocenters. The Labute approximate surface area is 98.0 Å². The molecule has 1 aliphatic rings. The number of halogens is 1. The maximum absolute atomic E-state index is 3.67. The number of hydrogen-bond donors (Lipinski definition) is 0. The van der Waals surface area contributed by atoms with E-state index in [1.165, 1.54) is 25.7 Å². The van der Waals surface area contributed by atoms with Gasteiger partial charge >= 0.3 is 0 Å². The minimum absolute atomic E-state index is 0.687. The van der Waals surface area contributed by atoms with Crippen molar-refractivity contribution in [3.05, 3.63) is 0 Å². The Morgan fingerprint density at radius 2 is 1.79 bits per heavy atom. The monoisotopic (exact) mass is 260 g/mol. The van der Waals surface area contributed by atoms with Crippen molar-refractivity contribution in [1.29, 1.82) is 0 Å². The average Bonchev–Trinajstić information content (AvgIpc) is 2.08. The zero-order valence-corrected chi connectivity index (χ0v) is 11.7. The van der Waals surface area contributed by atoms with Crippen LogP contribution < -0.4 is 0 Å². The molecule has 0 bridgehead atoms. The third-order valence-electron chi connectivity index (χ3n) is 4.14. The van der Waals surface area contributed by atoms with Crippen LogP contribution in [0.3, 0.4) is 0 Å². The van der Waals surface area contributed by atoms with E-state index in [0.717, 1.165) is 23.7 Å². The Morgan fingerprint density at radius 1 is 1.14 bits per heavy atom. The van der Waals surface area contributed by atoms with E-state index in [1.54, 1.807) is 0 Å². The van der Waals surface area contributed by atoms with Gasteiger partial charge in [-0.2, -0.15) is 0 Å². The van der Waals surface area contributed by atoms with Gasteiger partial charge in [0.05, 0.1) is 0 Å². The maximum Gasteiger partial charge on any atom is 0.0120 e. The topological polar surface area (TPSA) is 0 Å². The van der Waals surface area contributed by atoms with Crippen molar-refractivity contribution in [1.82, 2.24) is 0 Å². The average molecular weight is 261 g/mol. The first-order chi connectivity index (χ1) is 6.50. The number of rotatable bonds is 3. The van der Waals surface area contributed by atoms with Gasteiger partial charge in [0.1, 0.15) is 0 Å². The molecule has 0 aromatic carbocycles. The first-order valence-electron chi connectivity index (χ1n) is 6.14. The highest BCUT2D eigenvalue weighted by molar-refractivity contribution is 9.09. The van der Waals surface area contributed by atoms with Gasteiger partial charge in [0, 0.05) is 4.83 Å². The molecule has 14 heavy (non-hydrogen) atoms. The summed E-state index contributed by atoms with van der Waals surface area (Å²) in [4.78, 5) is 0.687. The smallest absolute Gasteiger partial charge is 0.0120 e. The highest BCUT2D eigenvalue weighted by Crippen LogP contribution is 2.38. The van der Waals surface area contributed by atoms with Crippen LogP contribution in [0, 0.1) is 23.7 Å². The minimum Gasteiger partial charge on any atom is -0.0894 e. The Hall–Kier alpha value is 0.480. The lowest BCUT2D eigenvalue weighted by atomic mass is 9.71. The zero-order valence-electron chi connectivity index (χ0n) is 10.1. The van der Waals surface area contributed by atoms with E-state index in [4.69, 9.17) is 0 Å². The molecule has 84 valence electrons. The van der Waals surface area contributed by atoms with Crippen LogP contribution in [0.1, 0.15) is 53.4 Å². The molecule has 5 atom stereocenters. The Morgan fingerprint density at radius 3 is 2.29 bits per heavy atom. The van der Waals surface area contributed by atoms with Crippen LogP contribution in [0.5, 0.6) is 0 Å². The summed E-state index contributed by atoms with van der Waals surface area (Å²) in [6, 6.07) is 0. The fraction of sp³-hybridized carbons (Fsp3) is 1.00. The van der Waals surface area contributed by atoms with Crippen molar-refractivity contribution in [2.24, 2.45) is 23.7 Å². The highest BCUT2D eigenvalue weighted by atomic mass is 79.9. The van der Waals surface area contributed by atoms with E-state index in [1.807, 2.05) is 0 Å². The molecule has 0 amide bonds. The molecule has 0 saturated heterocycles. The second kappa shape index (κ2) is 5.53. The van der Waals surface area contributed by atoms with Gasteiger partial charge in [0.25, 0.3) is 0 Å². The summed E-state index contributed by atoms with van der Waals surface area (Å²) in [7, 11) is 0. The van der Waals surface area contributed by atoms with Gasteiger partial charge < -0.3 is 0 Å². The Kier molecular flexibility index (Phi) is 4.96. The lowest BCUT2D eigenvalue weighted by Gasteiger charge is -2.35. The van der Waals surface area contributed by atoms with Gasteiger partial charge in [-0.1, -0.05) is 50.0 Å². The maximum atomic E-state index is 3.67. The summed E-state index contributed by atoms with van der Waals surface area (Å²) in [6.07, 6.45) is 5.72. The molecular formula is C13H25Br. The predicted molar refractivity (Wildman–Crippen MR) is 67.8 cm³/mol. The Bertz CT molecular complexity index is 165. The number of hydrogen-bond acceptors (Lipinski definition) is 0. The molecule has 0 radical (unpaired) electrons. The van der Waals surface area contributed by atoms with E-state index < -0.39 is 0 Å². The van der Waals surface area contributed by atoms with Crippen LogP contribution in [-0.4, -0.2) is 4.83 Å². The van der Waals surface area contributed by atoms with Crippen LogP contribution in [0.25, 0.3) is 0 Å². The van der Waals surface area contributed by atoms with E-state index >= 15 is 0 Å². The second-order valence-electron chi connectivity index (χ2n) is 5.52. The van der Waals surface area contributed by atoms with Gasteiger partial charge in [0.15, 0.2) is 0 Å². The van der Waals surface area contributed by atoms with Gasteiger partial charge in [-0.05, 0) is 42.9 Å². The van der Waals surface area contributed by atoms with Gasteiger partial charge in [-0.15, -0.1) is 0 Å². The molecule has 0 aliphatic heterocycles. The van der Waals surface area contributed by atoms with Crippen LogP contribution in [0.4, 0.5) is 0 Å². The molecule has 1 aliphatic carbocycles. The molecule has 1 fully saturated rings. The van der Waals surface area contributed by atoms with Crippen LogP contribution in [0.15, 0.2) is 0 Å². The third kappa shape index (κ3) is 3.56. The molecule has 1 saturated carbocycles. The molecule has 1 rings (SSSR count). The summed E-state index contributed by atoms with van der Waals surface area (Å²) in [6.45, 7) is 9.55. The van der Waals surface area contributed by atoms with E-state index in [9.17, 15) is 0 Å². The van der Waals surface area contributed by atoms with Crippen molar-refractivity contribution >= 4 is 15.9 Å². The lowest BCUT2D eigenvalue weighted by molar-refractivity contribution is 0.159. The molecule has 0 spiro atoms. The molecule has 0 aromatic rings. The van der Waals surface area contributed by atoms with Gasteiger partial charge in [-0.25, -0.2) is 0 Å². The van der Waals surface area contributed by atoms with Crippen molar-refractivity contribution in [2.75, 3.05) is 0 Å². The van der Waals surface area contributed by atoms with Crippen molar-refractivity contribution < 1.29 is 0 Å². The largest absolute Gasteiger partial charge is 0.0894 e. The molecule has 0 nitrogen and oxygen atoms in total.